The number of nitrogens with two attached hydrogens (primary N) is 1. The number of hydrogen-bond donors (Lipinski definition) is 1. The first-order chi connectivity index (χ1) is 11.0. The van der Waals surface area contributed by atoms with Gasteiger partial charge in [-0.15, -0.1) is 12.8 Å². The van der Waals surface area contributed by atoms with Gasteiger partial charge in [0.25, 0.3) is 0 Å². The molecule has 1 aromatic rings. The number of alkyl halides is 1. The van der Waals surface area contributed by atoms with Crippen LogP contribution in [-0.2, 0) is 0 Å². The Kier molecular flexibility index (Phi) is 11.8. The zero-order chi connectivity index (χ0) is 17.8. The number of allylic oxidation sites excluding steroid dienone is 4. The van der Waals surface area contributed by atoms with E-state index in [-0.39, 0.29) is 5.92 Å². The SMILES string of the molecule is C#C.C/C(F)=C\C(=C/CCC(CN)c1nc(Br)ccc1Br)CF. The molecule has 0 amide bonds. The summed E-state index contributed by atoms with van der Waals surface area (Å²) in [5.41, 5.74) is 7.04. The Bertz CT molecular complexity index is 565. The predicted octanol–water partition coefficient (Wildman–Crippen LogP) is 5.45. The van der Waals surface area contributed by atoms with Crippen molar-refractivity contribution in [3.63, 3.8) is 0 Å². The minimum absolute atomic E-state index is 0.0597. The molecule has 1 unspecified atom stereocenters. The Hall–Kier alpha value is -1.03. The van der Waals surface area contributed by atoms with Crippen LogP contribution in [0, 0.1) is 12.8 Å². The van der Waals surface area contributed by atoms with Crippen LogP contribution in [0.15, 0.2) is 44.8 Å². The molecule has 0 aliphatic rings. The van der Waals surface area contributed by atoms with E-state index < -0.39 is 12.5 Å². The van der Waals surface area contributed by atoms with E-state index in [1.807, 2.05) is 12.1 Å². The van der Waals surface area contributed by atoms with Crippen LogP contribution in [0.2, 0.25) is 0 Å². The fraction of sp³-hybridized carbons (Fsp3) is 0.353. The molecule has 23 heavy (non-hydrogen) atoms. The second kappa shape index (κ2) is 12.4. The molecule has 6 heteroatoms. The van der Waals surface area contributed by atoms with Crippen LogP contribution in [0.5, 0.6) is 0 Å². The van der Waals surface area contributed by atoms with Crippen LogP contribution >= 0.6 is 31.9 Å². The molecule has 0 aromatic carbocycles. The monoisotopic (exact) mass is 448 g/mol. The molecule has 0 radical (unpaired) electrons. The van der Waals surface area contributed by atoms with Crippen molar-refractivity contribution >= 4 is 31.9 Å². The molecule has 1 aromatic heterocycles. The summed E-state index contributed by atoms with van der Waals surface area (Å²) in [6, 6.07) is 3.75. The highest BCUT2D eigenvalue weighted by atomic mass is 79.9. The van der Waals surface area contributed by atoms with Crippen LogP contribution in [0.1, 0.15) is 31.4 Å². The van der Waals surface area contributed by atoms with Crippen LogP contribution in [0.3, 0.4) is 0 Å². The van der Waals surface area contributed by atoms with Crippen LogP contribution in [0.25, 0.3) is 0 Å². The summed E-state index contributed by atoms with van der Waals surface area (Å²) >= 11 is 6.81. The number of terminal acetylenes is 1. The molecular formula is C17H20Br2F2N2. The van der Waals surface area contributed by atoms with Crippen molar-refractivity contribution in [3.8, 4) is 12.8 Å². The first-order valence-corrected chi connectivity index (χ1v) is 8.50. The van der Waals surface area contributed by atoms with E-state index >= 15 is 0 Å². The number of nitrogens with zero attached hydrogens (tertiary/aromatic N) is 1. The van der Waals surface area contributed by atoms with Gasteiger partial charge >= 0.3 is 0 Å². The lowest BCUT2D eigenvalue weighted by Crippen LogP contribution is -2.14. The average Bonchev–Trinajstić information content (AvgIpc) is 2.54. The summed E-state index contributed by atoms with van der Waals surface area (Å²) in [5.74, 6) is -0.338. The van der Waals surface area contributed by atoms with Gasteiger partial charge in [-0.25, -0.2) is 13.8 Å². The van der Waals surface area contributed by atoms with Crippen LogP contribution in [0.4, 0.5) is 8.78 Å². The zero-order valence-corrected chi connectivity index (χ0v) is 16.1. The van der Waals surface area contributed by atoms with E-state index in [0.29, 0.717) is 18.5 Å². The van der Waals surface area contributed by atoms with Crippen molar-refractivity contribution in [2.75, 3.05) is 13.2 Å². The minimum Gasteiger partial charge on any atom is -0.330 e. The molecule has 1 rings (SSSR count). The molecule has 2 N–H and O–H groups in total. The van der Waals surface area contributed by atoms with Crippen molar-refractivity contribution in [3.05, 3.63) is 50.5 Å². The maximum Gasteiger partial charge on any atom is 0.114 e. The van der Waals surface area contributed by atoms with Gasteiger partial charge in [-0.3, -0.25) is 0 Å². The van der Waals surface area contributed by atoms with Gasteiger partial charge in [0.2, 0.25) is 0 Å². The fourth-order valence-corrected chi connectivity index (χ4v) is 2.83. The molecule has 0 fully saturated rings. The van der Waals surface area contributed by atoms with Crippen LogP contribution in [-0.4, -0.2) is 18.2 Å². The van der Waals surface area contributed by atoms with Gasteiger partial charge in [0.15, 0.2) is 0 Å². The molecule has 1 heterocycles. The van der Waals surface area contributed by atoms with E-state index in [2.05, 4.69) is 49.7 Å². The summed E-state index contributed by atoms with van der Waals surface area (Å²) in [7, 11) is 0. The van der Waals surface area contributed by atoms with E-state index in [4.69, 9.17) is 5.73 Å². The Balaban J connectivity index is 0.00000232. The van der Waals surface area contributed by atoms with Gasteiger partial charge < -0.3 is 5.73 Å². The molecule has 0 bridgehead atoms. The third-order valence-corrected chi connectivity index (χ3v) is 4.08. The highest BCUT2D eigenvalue weighted by Gasteiger charge is 2.14. The molecule has 2 nitrogen and oxygen atoms in total. The first-order valence-electron chi connectivity index (χ1n) is 6.92. The molecule has 0 saturated heterocycles. The molecule has 1 atom stereocenters. The average molecular weight is 450 g/mol. The highest BCUT2D eigenvalue weighted by Crippen LogP contribution is 2.28. The quantitative estimate of drug-likeness (QED) is 0.341. The molecule has 126 valence electrons. The van der Waals surface area contributed by atoms with Gasteiger partial charge in [0, 0.05) is 16.9 Å². The van der Waals surface area contributed by atoms with Crippen molar-refractivity contribution in [2.24, 2.45) is 5.73 Å². The van der Waals surface area contributed by atoms with E-state index in [1.165, 1.54) is 13.0 Å². The largest absolute Gasteiger partial charge is 0.330 e. The second-order valence-corrected chi connectivity index (χ2v) is 6.32. The maximum atomic E-state index is 12.8. The van der Waals surface area contributed by atoms with E-state index in [9.17, 15) is 8.78 Å². The van der Waals surface area contributed by atoms with Gasteiger partial charge in [-0.2, -0.15) is 0 Å². The number of hydrogen-bond acceptors (Lipinski definition) is 2. The van der Waals surface area contributed by atoms with Gasteiger partial charge in [0.1, 0.15) is 11.3 Å². The lowest BCUT2D eigenvalue weighted by atomic mass is 9.98. The third kappa shape index (κ3) is 8.40. The van der Waals surface area contributed by atoms with Gasteiger partial charge in [-0.05, 0) is 75.4 Å². The van der Waals surface area contributed by atoms with Crippen molar-refractivity contribution < 1.29 is 8.78 Å². The summed E-state index contributed by atoms with van der Waals surface area (Å²) in [5, 5.41) is 0. The first kappa shape index (κ1) is 22.0. The van der Waals surface area contributed by atoms with Crippen LogP contribution < -0.4 is 5.73 Å². The second-order valence-electron chi connectivity index (χ2n) is 4.65. The Morgan fingerprint density at radius 2 is 2.04 bits per heavy atom. The standard InChI is InChI=1S/C15H18Br2F2N2.C2H2/c1-10(19)7-11(8-18)3-2-4-12(9-20)15-13(16)5-6-14(17)21-15;1-2/h3,5-7,12H,2,4,8-9,20H2,1H3;1-2H/b10-7+,11-3+;. The molecular weight excluding hydrogens is 430 g/mol. The lowest BCUT2D eigenvalue weighted by Gasteiger charge is -2.15. The molecule has 0 aliphatic heterocycles. The number of aromatic nitrogens is 1. The summed E-state index contributed by atoms with van der Waals surface area (Å²) in [4.78, 5) is 4.43. The summed E-state index contributed by atoms with van der Waals surface area (Å²) in [6.07, 6.45) is 12.3. The fourth-order valence-electron chi connectivity index (χ4n) is 1.96. The van der Waals surface area contributed by atoms with Gasteiger partial charge in [-0.1, -0.05) is 6.08 Å². The topological polar surface area (TPSA) is 38.9 Å². The lowest BCUT2D eigenvalue weighted by molar-refractivity contribution is 0.542. The van der Waals surface area contributed by atoms with E-state index in [0.717, 1.165) is 21.2 Å². The Labute approximate surface area is 153 Å². The zero-order valence-electron chi connectivity index (χ0n) is 12.9. The number of halogens is 4. The molecule has 0 saturated carbocycles. The normalized spacial score (nSPS) is 13.2. The number of rotatable bonds is 7. The van der Waals surface area contributed by atoms with Gasteiger partial charge in [0.05, 0.1) is 11.5 Å². The van der Waals surface area contributed by atoms with Crippen molar-refractivity contribution in [1.82, 2.24) is 4.98 Å². The summed E-state index contributed by atoms with van der Waals surface area (Å²) in [6.45, 7) is 1.07. The van der Waals surface area contributed by atoms with E-state index in [1.54, 1.807) is 6.08 Å². The smallest absolute Gasteiger partial charge is 0.114 e. The minimum atomic E-state index is -0.673. The third-order valence-electron chi connectivity index (χ3n) is 2.97. The number of pyridine rings is 1. The predicted molar refractivity (Wildman–Crippen MR) is 99.5 cm³/mol. The summed E-state index contributed by atoms with van der Waals surface area (Å²) < 4.78 is 27.1. The molecule has 0 aliphatic carbocycles. The van der Waals surface area contributed by atoms with Crippen molar-refractivity contribution in [2.45, 2.75) is 25.7 Å². The Morgan fingerprint density at radius 1 is 1.39 bits per heavy atom. The molecule has 0 spiro atoms. The highest BCUT2D eigenvalue weighted by molar-refractivity contribution is 9.11. The maximum absolute atomic E-state index is 12.8. The Morgan fingerprint density at radius 3 is 2.57 bits per heavy atom. The van der Waals surface area contributed by atoms with Crippen molar-refractivity contribution in [1.29, 1.82) is 0 Å².